The number of para-hydroxylation sites is 1. The normalized spacial score (nSPS) is 10.6. The van der Waals surface area contributed by atoms with Crippen molar-refractivity contribution < 1.29 is 4.92 Å². The fourth-order valence-electron chi connectivity index (χ4n) is 2.76. The van der Waals surface area contributed by atoms with Gasteiger partial charge in [-0.2, -0.15) is 0 Å². The van der Waals surface area contributed by atoms with Crippen LogP contribution in [-0.2, 0) is 0 Å². The number of pyridine rings is 1. The molecule has 0 aliphatic rings. The summed E-state index contributed by atoms with van der Waals surface area (Å²) in [6, 6.07) is 16.1. The molecule has 0 aliphatic heterocycles. The number of anilines is 4. The molecule has 0 aliphatic carbocycles. The number of halogens is 1. The standard InChI is InChI=1S/C19H13ClN6O2/c20-13-6-1-2-7-16(13)25-19-17(26(27)28)18(22-11-23-19)24-15-9-3-8-14-12(15)5-4-10-21-14/h1-11H,(H2,22,23,24,25). The van der Waals surface area contributed by atoms with Crippen molar-refractivity contribution in [2.45, 2.75) is 0 Å². The van der Waals surface area contributed by atoms with E-state index in [2.05, 4.69) is 25.6 Å². The molecule has 4 aromatic rings. The highest BCUT2D eigenvalue weighted by atomic mass is 35.5. The van der Waals surface area contributed by atoms with Crippen LogP contribution >= 0.6 is 11.6 Å². The molecule has 0 bridgehead atoms. The minimum Gasteiger partial charge on any atom is -0.334 e. The van der Waals surface area contributed by atoms with E-state index in [1.165, 1.54) is 6.33 Å². The van der Waals surface area contributed by atoms with Gasteiger partial charge < -0.3 is 10.6 Å². The average molecular weight is 393 g/mol. The number of nitrogens with one attached hydrogen (secondary N) is 2. The molecule has 2 heterocycles. The molecule has 9 heteroatoms. The lowest BCUT2D eigenvalue weighted by Crippen LogP contribution is -2.06. The summed E-state index contributed by atoms with van der Waals surface area (Å²) in [5, 5.41) is 19.0. The number of nitro groups is 1. The predicted octanol–water partition coefficient (Wildman–Crippen LogP) is 5.07. The number of rotatable bonds is 5. The van der Waals surface area contributed by atoms with Gasteiger partial charge >= 0.3 is 5.69 Å². The van der Waals surface area contributed by atoms with Crippen LogP contribution < -0.4 is 10.6 Å². The third kappa shape index (κ3) is 3.40. The largest absolute Gasteiger partial charge is 0.353 e. The van der Waals surface area contributed by atoms with Crippen LogP contribution in [0.1, 0.15) is 0 Å². The van der Waals surface area contributed by atoms with Crippen LogP contribution in [0.4, 0.5) is 28.7 Å². The first kappa shape index (κ1) is 17.6. The van der Waals surface area contributed by atoms with Crippen LogP contribution in [0.5, 0.6) is 0 Å². The molecular weight excluding hydrogens is 380 g/mol. The lowest BCUT2D eigenvalue weighted by Gasteiger charge is -2.12. The second kappa shape index (κ2) is 7.45. The Morgan fingerprint density at radius 1 is 0.857 bits per heavy atom. The van der Waals surface area contributed by atoms with E-state index >= 15 is 0 Å². The van der Waals surface area contributed by atoms with Gasteiger partial charge in [0.05, 0.1) is 21.2 Å². The third-order valence-electron chi connectivity index (χ3n) is 4.03. The van der Waals surface area contributed by atoms with Crippen LogP contribution in [0.25, 0.3) is 10.9 Å². The summed E-state index contributed by atoms with van der Waals surface area (Å²) in [6.45, 7) is 0. The van der Waals surface area contributed by atoms with Crippen molar-refractivity contribution in [2.24, 2.45) is 0 Å². The quantitative estimate of drug-likeness (QED) is 0.360. The van der Waals surface area contributed by atoms with E-state index < -0.39 is 4.92 Å². The van der Waals surface area contributed by atoms with Crippen molar-refractivity contribution in [2.75, 3.05) is 10.6 Å². The Hall–Kier alpha value is -3.78. The summed E-state index contributed by atoms with van der Waals surface area (Å²) >= 11 is 6.14. The first-order valence-electron chi connectivity index (χ1n) is 8.25. The smallest absolute Gasteiger partial charge is 0.334 e. The Morgan fingerprint density at radius 3 is 2.32 bits per heavy atom. The van der Waals surface area contributed by atoms with Crippen molar-refractivity contribution in [3.63, 3.8) is 0 Å². The maximum atomic E-state index is 11.8. The zero-order valence-corrected chi connectivity index (χ0v) is 15.1. The van der Waals surface area contributed by atoms with Gasteiger partial charge in [-0.25, -0.2) is 9.97 Å². The van der Waals surface area contributed by atoms with E-state index in [4.69, 9.17) is 11.6 Å². The van der Waals surface area contributed by atoms with Crippen LogP contribution in [0, 0.1) is 10.1 Å². The monoisotopic (exact) mass is 392 g/mol. The minimum atomic E-state index is -0.537. The van der Waals surface area contributed by atoms with Crippen molar-refractivity contribution in [3.05, 3.63) is 82.3 Å². The maximum absolute atomic E-state index is 11.8. The molecule has 28 heavy (non-hydrogen) atoms. The molecule has 8 nitrogen and oxygen atoms in total. The molecule has 4 rings (SSSR count). The fourth-order valence-corrected chi connectivity index (χ4v) is 2.95. The molecule has 0 saturated carbocycles. The second-order valence-electron chi connectivity index (χ2n) is 5.78. The number of benzene rings is 2. The van der Waals surface area contributed by atoms with E-state index in [1.807, 2.05) is 18.2 Å². The SMILES string of the molecule is O=[N+]([O-])c1c(Nc2ccccc2Cl)ncnc1Nc1cccc2ncccc12. The summed E-state index contributed by atoms with van der Waals surface area (Å²) in [6.07, 6.45) is 2.93. The molecule has 0 saturated heterocycles. The number of hydrogen-bond acceptors (Lipinski definition) is 7. The topological polar surface area (TPSA) is 106 Å². The van der Waals surface area contributed by atoms with E-state index in [0.717, 1.165) is 10.9 Å². The molecule has 2 N–H and O–H groups in total. The van der Waals surface area contributed by atoms with Gasteiger partial charge in [-0.05, 0) is 36.4 Å². The van der Waals surface area contributed by atoms with E-state index in [9.17, 15) is 10.1 Å². The molecule has 0 radical (unpaired) electrons. The Balaban J connectivity index is 1.77. The Morgan fingerprint density at radius 2 is 1.57 bits per heavy atom. The van der Waals surface area contributed by atoms with E-state index in [1.54, 1.807) is 42.6 Å². The zero-order chi connectivity index (χ0) is 19.5. The molecule has 2 aromatic carbocycles. The second-order valence-corrected chi connectivity index (χ2v) is 6.19. The Labute approximate surface area is 164 Å². The van der Waals surface area contributed by atoms with Gasteiger partial charge in [0.15, 0.2) is 0 Å². The first-order chi connectivity index (χ1) is 13.6. The van der Waals surface area contributed by atoms with Crippen LogP contribution in [0.15, 0.2) is 67.1 Å². The maximum Gasteiger partial charge on any atom is 0.353 e. The first-order valence-corrected chi connectivity index (χ1v) is 8.63. The Kier molecular flexibility index (Phi) is 4.69. The highest BCUT2D eigenvalue weighted by molar-refractivity contribution is 6.33. The molecule has 0 fully saturated rings. The van der Waals surface area contributed by atoms with Gasteiger partial charge in [0, 0.05) is 17.3 Å². The van der Waals surface area contributed by atoms with Gasteiger partial charge in [-0.1, -0.05) is 29.8 Å². The van der Waals surface area contributed by atoms with Crippen molar-refractivity contribution in [3.8, 4) is 0 Å². The molecule has 0 amide bonds. The Bertz CT molecular complexity index is 1180. The van der Waals surface area contributed by atoms with E-state index in [0.29, 0.717) is 16.4 Å². The minimum absolute atomic E-state index is 0.0361. The number of nitrogens with zero attached hydrogens (tertiary/aromatic N) is 4. The number of aromatic nitrogens is 3. The van der Waals surface area contributed by atoms with Gasteiger partial charge in [0.2, 0.25) is 11.6 Å². The van der Waals surface area contributed by atoms with Crippen molar-refractivity contribution in [1.82, 2.24) is 15.0 Å². The molecule has 2 aromatic heterocycles. The summed E-state index contributed by atoms with van der Waals surface area (Å²) in [5.41, 5.74) is 1.63. The number of fused-ring (bicyclic) bond motifs is 1. The van der Waals surface area contributed by atoms with Crippen LogP contribution in [0.2, 0.25) is 5.02 Å². The molecular formula is C19H13ClN6O2. The lowest BCUT2D eigenvalue weighted by atomic mass is 10.2. The summed E-state index contributed by atoms with van der Waals surface area (Å²) in [4.78, 5) is 23.6. The summed E-state index contributed by atoms with van der Waals surface area (Å²) < 4.78 is 0. The zero-order valence-electron chi connectivity index (χ0n) is 14.3. The highest BCUT2D eigenvalue weighted by Crippen LogP contribution is 2.35. The van der Waals surface area contributed by atoms with Gasteiger partial charge in [0.1, 0.15) is 6.33 Å². The third-order valence-corrected chi connectivity index (χ3v) is 4.36. The van der Waals surface area contributed by atoms with E-state index in [-0.39, 0.29) is 17.3 Å². The van der Waals surface area contributed by atoms with Crippen molar-refractivity contribution >= 4 is 51.2 Å². The summed E-state index contributed by atoms with van der Waals surface area (Å²) in [7, 11) is 0. The highest BCUT2D eigenvalue weighted by Gasteiger charge is 2.24. The van der Waals surface area contributed by atoms with Crippen molar-refractivity contribution in [1.29, 1.82) is 0 Å². The van der Waals surface area contributed by atoms with Gasteiger partial charge in [-0.15, -0.1) is 0 Å². The average Bonchev–Trinajstić information content (AvgIpc) is 2.70. The molecule has 0 atom stereocenters. The summed E-state index contributed by atoms with van der Waals surface area (Å²) in [5.74, 6) is 0.0971. The lowest BCUT2D eigenvalue weighted by molar-refractivity contribution is -0.383. The fraction of sp³-hybridized carbons (Fsp3) is 0. The predicted molar refractivity (Wildman–Crippen MR) is 108 cm³/mol. The van der Waals surface area contributed by atoms with Gasteiger partial charge in [-0.3, -0.25) is 15.1 Å². The molecule has 0 unspecified atom stereocenters. The van der Waals surface area contributed by atoms with Crippen LogP contribution in [-0.4, -0.2) is 19.9 Å². The molecule has 138 valence electrons. The number of hydrogen-bond donors (Lipinski definition) is 2. The molecule has 0 spiro atoms. The van der Waals surface area contributed by atoms with Crippen LogP contribution in [0.3, 0.4) is 0 Å². The van der Waals surface area contributed by atoms with Gasteiger partial charge in [0.25, 0.3) is 0 Å².